The van der Waals surface area contributed by atoms with Crippen LogP contribution in [0.4, 0.5) is 0 Å². The van der Waals surface area contributed by atoms with Gasteiger partial charge in [-0.05, 0) is 24.3 Å². The van der Waals surface area contributed by atoms with Crippen molar-refractivity contribution in [3.05, 3.63) is 35.9 Å². The van der Waals surface area contributed by atoms with E-state index in [-0.39, 0.29) is 18.6 Å². The Morgan fingerprint density at radius 3 is 2.47 bits per heavy atom. The molecule has 0 aromatic heterocycles. The van der Waals surface area contributed by atoms with E-state index in [1.807, 2.05) is 44.2 Å². The lowest BCUT2D eigenvalue weighted by Crippen LogP contribution is -2.48. The van der Waals surface area contributed by atoms with E-state index in [9.17, 15) is 9.90 Å². The highest BCUT2D eigenvalue weighted by Crippen LogP contribution is 2.05. The van der Waals surface area contributed by atoms with Crippen LogP contribution in [0.2, 0.25) is 0 Å². The lowest BCUT2D eigenvalue weighted by atomic mass is 10.0. The van der Waals surface area contributed by atoms with E-state index >= 15 is 0 Å². The second kappa shape index (κ2) is 7.92. The molecule has 0 saturated heterocycles. The van der Waals surface area contributed by atoms with Crippen LogP contribution in [0.3, 0.4) is 0 Å². The Morgan fingerprint density at radius 1 is 1.32 bits per heavy atom. The molecule has 0 bridgehead atoms. The maximum absolute atomic E-state index is 11.9. The van der Waals surface area contributed by atoms with E-state index in [2.05, 4.69) is 5.32 Å². The molecule has 0 aliphatic heterocycles. The topological polar surface area (TPSA) is 75.4 Å². The zero-order valence-electron chi connectivity index (χ0n) is 11.7. The molecular formula is C15H24N2O2. The SMILES string of the molecule is CC(C)C[C@H](N)C(=O)N[C@H](CO)Cc1ccccc1. The van der Waals surface area contributed by atoms with Crippen LogP contribution in [0.15, 0.2) is 30.3 Å². The van der Waals surface area contributed by atoms with Gasteiger partial charge in [0.25, 0.3) is 0 Å². The number of nitrogens with one attached hydrogen (secondary N) is 1. The summed E-state index contributed by atoms with van der Waals surface area (Å²) in [4.78, 5) is 11.9. The molecule has 2 atom stereocenters. The minimum Gasteiger partial charge on any atom is -0.394 e. The smallest absolute Gasteiger partial charge is 0.237 e. The second-order valence-electron chi connectivity index (χ2n) is 5.31. The van der Waals surface area contributed by atoms with Crippen LogP contribution in [-0.2, 0) is 11.2 Å². The molecule has 1 aromatic rings. The summed E-state index contributed by atoms with van der Waals surface area (Å²) in [5.41, 5.74) is 6.90. The van der Waals surface area contributed by atoms with Gasteiger partial charge in [-0.3, -0.25) is 4.79 Å². The molecule has 0 fully saturated rings. The predicted molar refractivity (Wildman–Crippen MR) is 76.6 cm³/mol. The minimum atomic E-state index is -0.509. The number of nitrogens with two attached hydrogens (primary N) is 1. The van der Waals surface area contributed by atoms with Crippen molar-refractivity contribution < 1.29 is 9.90 Å². The van der Waals surface area contributed by atoms with E-state index in [1.165, 1.54) is 0 Å². The molecule has 19 heavy (non-hydrogen) atoms. The summed E-state index contributed by atoms with van der Waals surface area (Å²) in [6, 6.07) is 8.98. The Balaban J connectivity index is 2.50. The van der Waals surface area contributed by atoms with Crippen LogP contribution in [0.25, 0.3) is 0 Å². The van der Waals surface area contributed by atoms with Crippen LogP contribution in [-0.4, -0.2) is 29.7 Å². The molecule has 106 valence electrons. The fraction of sp³-hybridized carbons (Fsp3) is 0.533. The predicted octanol–water partition coefficient (Wildman–Crippen LogP) is 1.08. The Kier molecular flexibility index (Phi) is 6.53. The lowest BCUT2D eigenvalue weighted by molar-refractivity contribution is -0.123. The second-order valence-corrected chi connectivity index (χ2v) is 5.31. The molecule has 0 aliphatic carbocycles. The molecule has 4 heteroatoms. The van der Waals surface area contributed by atoms with Crippen molar-refractivity contribution in [3.63, 3.8) is 0 Å². The molecule has 4 N–H and O–H groups in total. The number of aliphatic hydroxyl groups is 1. The average molecular weight is 264 g/mol. The Labute approximate surface area is 115 Å². The van der Waals surface area contributed by atoms with Gasteiger partial charge in [0.05, 0.1) is 18.7 Å². The summed E-state index contributed by atoms with van der Waals surface area (Å²) in [5.74, 6) is 0.186. The first-order valence-electron chi connectivity index (χ1n) is 6.73. The van der Waals surface area contributed by atoms with Gasteiger partial charge >= 0.3 is 0 Å². The van der Waals surface area contributed by atoms with Gasteiger partial charge in [0, 0.05) is 0 Å². The molecule has 1 amide bonds. The highest BCUT2D eigenvalue weighted by atomic mass is 16.3. The van der Waals surface area contributed by atoms with Crippen molar-refractivity contribution in [2.45, 2.75) is 38.8 Å². The van der Waals surface area contributed by atoms with Gasteiger partial charge in [0.15, 0.2) is 0 Å². The minimum absolute atomic E-state index is 0.0883. The fourth-order valence-electron chi connectivity index (χ4n) is 1.98. The standard InChI is InChI=1S/C15H24N2O2/c1-11(2)8-14(16)15(19)17-13(10-18)9-12-6-4-3-5-7-12/h3-7,11,13-14,18H,8-10,16H2,1-2H3,(H,17,19)/t13-,14-/m0/s1. The van der Waals surface area contributed by atoms with Crippen molar-refractivity contribution in [3.8, 4) is 0 Å². The van der Waals surface area contributed by atoms with Crippen molar-refractivity contribution in [1.29, 1.82) is 0 Å². The van der Waals surface area contributed by atoms with Crippen molar-refractivity contribution in [2.24, 2.45) is 11.7 Å². The van der Waals surface area contributed by atoms with E-state index in [4.69, 9.17) is 5.73 Å². The van der Waals surface area contributed by atoms with E-state index in [1.54, 1.807) is 0 Å². The van der Waals surface area contributed by atoms with Crippen LogP contribution >= 0.6 is 0 Å². The number of hydrogen-bond donors (Lipinski definition) is 3. The van der Waals surface area contributed by atoms with Crippen molar-refractivity contribution in [1.82, 2.24) is 5.32 Å². The Hall–Kier alpha value is -1.39. The summed E-state index contributed by atoms with van der Waals surface area (Å²) in [6.45, 7) is 3.97. The molecule has 1 rings (SSSR count). The third-order valence-corrected chi connectivity index (χ3v) is 2.95. The molecule has 0 radical (unpaired) electrons. The van der Waals surface area contributed by atoms with Crippen LogP contribution in [0, 0.1) is 5.92 Å². The number of carbonyl (C=O) groups excluding carboxylic acids is 1. The van der Waals surface area contributed by atoms with Crippen molar-refractivity contribution >= 4 is 5.91 Å². The number of aliphatic hydroxyl groups excluding tert-OH is 1. The van der Waals surface area contributed by atoms with E-state index in [0.717, 1.165) is 5.56 Å². The molecule has 0 spiro atoms. The highest BCUT2D eigenvalue weighted by Gasteiger charge is 2.18. The molecule has 4 nitrogen and oxygen atoms in total. The largest absolute Gasteiger partial charge is 0.394 e. The van der Waals surface area contributed by atoms with Gasteiger partial charge in [-0.15, -0.1) is 0 Å². The van der Waals surface area contributed by atoms with E-state index < -0.39 is 6.04 Å². The summed E-state index contributed by atoms with van der Waals surface area (Å²) in [5, 5.41) is 12.2. The van der Waals surface area contributed by atoms with Gasteiger partial charge in [-0.25, -0.2) is 0 Å². The van der Waals surface area contributed by atoms with Crippen molar-refractivity contribution in [2.75, 3.05) is 6.61 Å². The van der Waals surface area contributed by atoms with E-state index in [0.29, 0.717) is 18.8 Å². The fourth-order valence-corrected chi connectivity index (χ4v) is 1.98. The van der Waals surface area contributed by atoms with Gasteiger partial charge < -0.3 is 16.2 Å². The summed E-state index contributed by atoms with van der Waals surface area (Å²) >= 11 is 0. The van der Waals surface area contributed by atoms with Gasteiger partial charge in [-0.2, -0.15) is 0 Å². The monoisotopic (exact) mass is 264 g/mol. The zero-order chi connectivity index (χ0) is 14.3. The van der Waals surface area contributed by atoms with Crippen LogP contribution < -0.4 is 11.1 Å². The van der Waals surface area contributed by atoms with Gasteiger partial charge in [0.1, 0.15) is 0 Å². The summed E-state index contributed by atoms with van der Waals surface area (Å²) < 4.78 is 0. The molecular weight excluding hydrogens is 240 g/mol. The lowest BCUT2D eigenvalue weighted by Gasteiger charge is -2.20. The number of amides is 1. The quantitative estimate of drug-likeness (QED) is 0.690. The molecule has 0 heterocycles. The van der Waals surface area contributed by atoms with Gasteiger partial charge in [0.2, 0.25) is 5.91 Å². The van der Waals surface area contributed by atoms with Crippen LogP contribution in [0.1, 0.15) is 25.8 Å². The normalized spacial score (nSPS) is 14.2. The maximum atomic E-state index is 11.9. The molecule has 1 aromatic carbocycles. The first-order valence-corrected chi connectivity index (χ1v) is 6.73. The third-order valence-electron chi connectivity index (χ3n) is 2.95. The number of rotatable bonds is 7. The third kappa shape index (κ3) is 5.85. The molecule has 0 saturated carbocycles. The number of carbonyl (C=O) groups is 1. The summed E-state index contributed by atoms with van der Waals surface area (Å²) in [6.07, 6.45) is 1.26. The average Bonchev–Trinajstić information content (AvgIpc) is 2.38. The Morgan fingerprint density at radius 2 is 1.95 bits per heavy atom. The highest BCUT2D eigenvalue weighted by molar-refractivity contribution is 5.81. The first-order chi connectivity index (χ1) is 9.02. The molecule has 0 unspecified atom stereocenters. The Bertz CT molecular complexity index is 379. The number of hydrogen-bond acceptors (Lipinski definition) is 3. The first kappa shape index (κ1) is 15.7. The summed E-state index contributed by atoms with van der Waals surface area (Å²) in [7, 11) is 0. The molecule has 0 aliphatic rings. The maximum Gasteiger partial charge on any atom is 0.237 e. The van der Waals surface area contributed by atoms with Crippen LogP contribution in [0.5, 0.6) is 0 Å². The zero-order valence-corrected chi connectivity index (χ0v) is 11.7. The van der Waals surface area contributed by atoms with Gasteiger partial charge in [-0.1, -0.05) is 44.2 Å². The number of benzene rings is 1.